The molecule has 0 amide bonds. The van der Waals surface area contributed by atoms with Crippen LogP contribution in [-0.4, -0.2) is 0 Å². The van der Waals surface area contributed by atoms with Crippen molar-refractivity contribution in [2.45, 2.75) is 13.5 Å². The Kier molecular flexibility index (Phi) is 3.79. The van der Waals surface area contributed by atoms with E-state index in [1.807, 2.05) is 25.1 Å². The molecule has 88 valence electrons. The molecular formula is C14H12BrFO. The molecule has 17 heavy (non-hydrogen) atoms. The zero-order valence-electron chi connectivity index (χ0n) is 9.41. The van der Waals surface area contributed by atoms with E-state index in [1.165, 1.54) is 6.07 Å². The highest BCUT2D eigenvalue weighted by Crippen LogP contribution is 2.22. The van der Waals surface area contributed by atoms with Crippen molar-refractivity contribution in [3.63, 3.8) is 0 Å². The summed E-state index contributed by atoms with van der Waals surface area (Å²) < 4.78 is 19.9. The van der Waals surface area contributed by atoms with Crippen LogP contribution in [0.5, 0.6) is 5.75 Å². The molecule has 0 atom stereocenters. The van der Waals surface area contributed by atoms with Crippen molar-refractivity contribution in [2.75, 3.05) is 0 Å². The number of hydrogen-bond acceptors (Lipinski definition) is 1. The third-order valence-electron chi connectivity index (χ3n) is 2.48. The summed E-state index contributed by atoms with van der Waals surface area (Å²) in [5.41, 5.74) is 1.66. The zero-order chi connectivity index (χ0) is 12.3. The van der Waals surface area contributed by atoms with Gasteiger partial charge in [0.15, 0.2) is 0 Å². The number of hydrogen-bond donors (Lipinski definition) is 0. The molecular weight excluding hydrogens is 283 g/mol. The van der Waals surface area contributed by atoms with Crippen LogP contribution in [0.15, 0.2) is 46.9 Å². The van der Waals surface area contributed by atoms with Gasteiger partial charge in [-0.05, 0) is 36.8 Å². The van der Waals surface area contributed by atoms with Gasteiger partial charge in [0, 0.05) is 10.0 Å². The molecule has 2 aromatic rings. The molecule has 0 aliphatic rings. The van der Waals surface area contributed by atoms with Crippen molar-refractivity contribution in [3.8, 4) is 5.75 Å². The maximum atomic E-state index is 13.3. The molecule has 0 radical (unpaired) electrons. The van der Waals surface area contributed by atoms with Crippen LogP contribution < -0.4 is 4.74 Å². The normalized spacial score (nSPS) is 10.3. The van der Waals surface area contributed by atoms with Crippen LogP contribution >= 0.6 is 15.9 Å². The fraction of sp³-hybridized carbons (Fsp3) is 0.143. The van der Waals surface area contributed by atoms with Crippen molar-refractivity contribution >= 4 is 15.9 Å². The first kappa shape index (κ1) is 12.1. The third-order valence-corrected chi connectivity index (χ3v) is 3.37. The molecule has 0 heterocycles. The Morgan fingerprint density at radius 2 is 1.94 bits per heavy atom. The molecule has 1 nitrogen and oxygen atoms in total. The first-order valence-corrected chi connectivity index (χ1v) is 6.08. The molecule has 0 N–H and O–H groups in total. The third kappa shape index (κ3) is 3.07. The van der Waals surface area contributed by atoms with E-state index in [4.69, 9.17) is 4.74 Å². The van der Waals surface area contributed by atoms with Gasteiger partial charge in [-0.1, -0.05) is 34.1 Å². The molecule has 0 aromatic heterocycles. The Balaban J connectivity index is 2.08. The van der Waals surface area contributed by atoms with E-state index in [2.05, 4.69) is 15.9 Å². The lowest BCUT2D eigenvalue weighted by atomic mass is 10.2. The summed E-state index contributed by atoms with van der Waals surface area (Å²) >= 11 is 3.42. The van der Waals surface area contributed by atoms with Gasteiger partial charge in [-0.25, -0.2) is 4.39 Å². The fourth-order valence-electron chi connectivity index (χ4n) is 1.48. The summed E-state index contributed by atoms with van der Waals surface area (Å²) in [4.78, 5) is 0. The minimum Gasteiger partial charge on any atom is -0.489 e. The molecule has 0 bridgehead atoms. The predicted octanol–water partition coefficient (Wildman–Crippen LogP) is 4.48. The number of benzene rings is 2. The molecule has 3 heteroatoms. The second-order valence-corrected chi connectivity index (χ2v) is 4.65. The van der Waals surface area contributed by atoms with Gasteiger partial charge >= 0.3 is 0 Å². The van der Waals surface area contributed by atoms with E-state index in [-0.39, 0.29) is 12.4 Å². The predicted molar refractivity (Wildman–Crippen MR) is 69.6 cm³/mol. The van der Waals surface area contributed by atoms with Gasteiger partial charge < -0.3 is 4.74 Å². The van der Waals surface area contributed by atoms with E-state index in [0.29, 0.717) is 5.56 Å². The highest BCUT2D eigenvalue weighted by atomic mass is 79.9. The van der Waals surface area contributed by atoms with Crippen molar-refractivity contribution in [2.24, 2.45) is 0 Å². The Bertz CT molecular complexity index is 525. The van der Waals surface area contributed by atoms with Gasteiger partial charge in [0.2, 0.25) is 0 Å². The topological polar surface area (TPSA) is 9.23 Å². The highest BCUT2D eigenvalue weighted by molar-refractivity contribution is 9.10. The summed E-state index contributed by atoms with van der Waals surface area (Å²) in [7, 11) is 0. The maximum absolute atomic E-state index is 13.3. The van der Waals surface area contributed by atoms with Gasteiger partial charge in [-0.3, -0.25) is 0 Å². The number of aryl methyl sites for hydroxylation is 1. The molecule has 0 aliphatic carbocycles. The average molecular weight is 295 g/mol. The van der Waals surface area contributed by atoms with Gasteiger partial charge in [-0.2, -0.15) is 0 Å². The van der Waals surface area contributed by atoms with Gasteiger partial charge in [0.05, 0.1) is 0 Å². The van der Waals surface area contributed by atoms with Crippen molar-refractivity contribution < 1.29 is 9.13 Å². The lowest BCUT2D eigenvalue weighted by molar-refractivity contribution is 0.299. The molecule has 0 aliphatic heterocycles. The molecule has 0 saturated carbocycles. The average Bonchev–Trinajstić information content (AvgIpc) is 2.32. The summed E-state index contributed by atoms with van der Waals surface area (Å²) in [6, 6.07) is 12.3. The Labute approximate surface area is 108 Å². The smallest absolute Gasteiger partial charge is 0.129 e. The standard InChI is InChI=1S/C14H12BrFO/c1-10-8-12(6-7-13(10)15)17-9-11-4-2-3-5-14(11)16/h2-8H,9H2,1H3. The molecule has 0 fully saturated rings. The van der Waals surface area contributed by atoms with E-state index in [1.54, 1.807) is 18.2 Å². The summed E-state index contributed by atoms with van der Waals surface area (Å²) in [5.74, 6) is 0.510. The van der Waals surface area contributed by atoms with Crippen LogP contribution in [0.3, 0.4) is 0 Å². The number of rotatable bonds is 3. The Hall–Kier alpha value is -1.35. The lowest BCUT2D eigenvalue weighted by Crippen LogP contribution is -1.98. The monoisotopic (exact) mass is 294 g/mol. The summed E-state index contributed by atoms with van der Waals surface area (Å²) in [6.45, 7) is 2.23. The maximum Gasteiger partial charge on any atom is 0.129 e. The molecule has 2 rings (SSSR count). The second-order valence-electron chi connectivity index (χ2n) is 3.79. The van der Waals surface area contributed by atoms with Crippen LogP contribution in [0.1, 0.15) is 11.1 Å². The largest absolute Gasteiger partial charge is 0.489 e. The van der Waals surface area contributed by atoms with Crippen LogP contribution in [0.4, 0.5) is 4.39 Å². The number of ether oxygens (including phenoxy) is 1. The zero-order valence-corrected chi connectivity index (χ0v) is 11.0. The van der Waals surface area contributed by atoms with E-state index < -0.39 is 0 Å². The molecule has 2 aromatic carbocycles. The Morgan fingerprint density at radius 3 is 2.65 bits per heavy atom. The fourth-order valence-corrected chi connectivity index (χ4v) is 1.73. The summed E-state index contributed by atoms with van der Waals surface area (Å²) in [6.07, 6.45) is 0. The van der Waals surface area contributed by atoms with Crippen LogP contribution in [0.2, 0.25) is 0 Å². The SMILES string of the molecule is Cc1cc(OCc2ccccc2F)ccc1Br. The quantitative estimate of drug-likeness (QED) is 0.811. The minimum atomic E-state index is -0.235. The highest BCUT2D eigenvalue weighted by Gasteiger charge is 2.02. The first-order valence-electron chi connectivity index (χ1n) is 5.29. The van der Waals surface area contributed by atoms with Gasteiger partial charge in [0.25, 0.3) is 0 Å². The van der Waals surface area contributed by atoms with E-state index in [9.17, 15) is 4.39 Å². The van der Waals surface area contributed by atoms with E-state index >= 15 is 0 Å². The van der Waals surface area contributed by atoms with Gasteiger partial charge in [0.1, 0.15) is 18.2 Å². The first-order chi connectivity index (χ1) is 8.16. The van der Waals surface area contributed by atoms with Crippen molar-refractivity contribution in [1.82, 2.24) is 0 Å². The molecule has 0 unspecified atom stereocenters. The van der Waals surface area contributed by atoms with Crippen LogP contribution in [-0.2, 0) is 6.61 Å². The summed E-state index contributed by atoms with van der Waals surface area (Å²) in [5, 5.41) is 0. The second kappa shape index (κ2) is 5.32. The van der Waals surface area contributed by atoms with E-state index in [0.717, 1.165) is 15.8 Å². The molecule has 0 saturated heterocycles. The van der Waals surface area contributed by atoms with Crippen LogP contribution in [0.25, 0.3) is 0 Å². The molecule has 0 spiro atoms. The lowest BCUT2D eigenvalue weighted by Gasteiger charge is -2.08. The Morgan fingerprint density at radius 1 is 1.18 bits per heavy atom. The van der Waals surface area contributed by atoms with Crippen molar-refractivity contribution in [1.29, 1.82) is 0 Å². The van der Waals surface area contributed by atoms with Gasteiger partial charge in [-0.15, -0.1) is 0 Å². The van der Waals surface area contributed by atoms with Crippen molar-refractivity contribution in [3.05, 3.63) is 63.9 Å². The number of halogens is 2. The minimum absolute atomic E-state index is 0.235. The van der Waals surface area contributed by atoms with Crippen LogP contribution in [0, 0.1) is 12.7 Å².